The normalized spacial score (nSPS) is 14.4. The number of hydrogen-bond donors (Lipinski definition) is 0. The van der Waals surface area contributed by atoms with Crippen LogP contribution >= 0.6 is 23.1 Å². The first kappa shape index (κ1) is 26.9. The maximum atomic E-state index is 5.08. The average Bonchev–Trinajstić information content (AvgIpc) is 3.84. The van der Waals surface area contributed by atoms with Gasteiger partial charge in [-0.15, -0.1) is 23.1 Å². The van der Waals surface area contributed by atoms with Crippen LogP contribution in [0.5, 0.6) is 0 Å². The topological polar surface area (TPSA) is 43.6 Å². The Morgan fingerprint density at radius 3 is 1.74 bits per heavy atom. The Hall–Kier alpha value is -5.30. The van der Waals surface area contributed by atoms with Crippen LogP contribution in [-0.4, -0.2) is 19.5 Å². The Morgan fingerprint density at radius 1 is 0.511 bits per heavy atom. The van der Waals surface area contributed by atoms with Crippen LogP contribution in [0.1, 0.15) is 16.6 Å². The van der Waals surface area contributed by atoms with Crippen molar-refractivity contribution in [3.8, 4) is 28.5 Å². The van der Waals surface area contributed by atoms with Gasteiger partial charge in [-0.3, -0.25) is 0 Å². The second-order valence-corrected chi connectivity index (χ2v) is 14.2. The minimum absolute atomic E-state index is 0.102. The molecular formula is C41H26N4S2. The molecule has 0 fully saturated rings. The summed E-state index contributed by atoms with van der Waals surface area (Å²) in [6.07, 6.45) is 0.885. The summed E-state index contributed by atoms with van der Waals surface area (Å²) in [6.45, 7) is 0. The van der Waals surface area contributed by atoms with Crippen molar-refractivity contribution < 1.29 is 0 Å². The van der Waals surface area contributed by atoms with E-state index < -0.39 is 0 Å². The predicted molar refractivity (Wildman–Crippen MR) is 197 cm³/mol. The molecule has 1 atom stereocenters. The molecule has 10 rings (SSSR count). The van der Waals surface area contributed by atoms with Gasteiger partial charge in [0.1, 0.15) is 5.82 Å². The molecule has 47 heavy (non-hydrogen) atoms. The highest BCUT2D eigenvalue weighted by molar-refractivity contribution is 8.00. The highest BCUT2D eigenvalue weighted by Crippen LogP contribution is 2.52. The Bertz CT molecular complexity index is 2530. The molecule has 0 saturated heterocycles. The molecule has 0 bridgehead atoms. The van der Waals surface area contributed by atoms with Crippen LogP contribution in [0.4, 0.5) is 0 Å². The molecule has 6 heteroatoms. The van der Waals surface area contributed by atoms with E-state index in [1.807, 2.05) is 59.5 Å². The van der Waals surface area contributed by atoms with Crippen molar-refractivity contribution in [2.75, 3.05) is 0 Å². The molecule has 9 aromatic rings. The Balaban J connectivity index is 1.12. The number of fused-ring (bicyclic) bond motifs is 8. The van der Waals surface area contributed by atoms with Crippen LogP contribution in [0.3, 0.4) is 0 Å². The van der Waals surface area contributed by atoms with Gasteiger partial charge in [-0.25, -0.2) is 15.0 Å². The second-order valence-electron chi connectivity index (χ2n) is 11.9. The average molecular weight is 639 g/mol. The van der Waals surface area contributed by atoms with Crippen LogP contribution in [0, 0.1) is 0 Å². The zero-order chi connectivity index (χ0) is 30.9. The fourth-order valence-electron chi connectivity index (χ4n) is 7.01. The molecule has 0 saturated carbocycles. The summed E-state index contributed by atoms with van der Waals surface area (Å²) < 4.78 is 5.10. The summed E-state index contributed by atoms with van der Waals surface area (Å²) in [5.74, 6) is 2.27. The number of thiophene rings is 1. The van der Waals surface area contributed by atoms with Gasteiger partial charge in [-0.1, -0.05) is 121 Å². The Labute approximate surface area is 279 Å². The van der Waals surface area contributed by atoms with Gasteiger partial charge in [0.05, 0.1) is 26.7 Å². The summed E-state index contributed by atoms with van der Waals surface area (Å²) >= 11 is 3.81. The van der Waals surface area contributed by atoms with Crippen LogP contribution in [-0.2, 0) is 6.42 Å². The minimum atomic E-state index is 0.102. The number of rotatable bonds is 4. The number of nitrogens with zero attached hydrogens (tertiary/aromatic N) is 4. The van der Waals surface area contributed by atoms with Crippen LogP contribution in [0.25, 0.3) is 70.4 Å². The van der Waals surface area contributed by atoms with Gasteiger partial charge < -0.3 is 4.57 Å². The van der Waals surface area contributed by atoms with E-state index in [1.165, 1.54) is 58.1 Å². The van der Waals surface area contributed by atoms with E-state index in [2.05, 4.69) is 108 Å². The summed E-state index contributed by atoms with van der Waals surface area (Å²) in [7, 11) is 0. The van der Waals surface area contributed by atoms with E-state index in [1.54, 1.807) is 0 Å². The van der Waals surface area contributed by atoms with Crippen LogP contribution < -0.4 is 0 Å². The molecule has 0 amide bonds. The number of benzene rings is 6. The third-order valence-corrected chi connectivity index (χ3v) is 11.9. The number of aromatic nitrogens is 4. The molecule has 222 valence electrons. The number of para-hydroxylation sites is 2. The molecule has 1 aliphatic rings. The van der Waals surface area contributed by atoms with Crippen molar-refractivity contribution >= 4 is 65.1 Å². The zero-order valence-electron chi connectivity index (χ0n) is 25.2. The molecule has 3 aromatic heterocycles. The van der Waals surface area contributed by atoms with Crippen molar-refractivity contribution in [1.82, 2.24) is 19.5 Å². The van der Waals surface area contributed by atoms with E-state index in [9.17, 15) is 0 Å². The number of thioether (sulfide) groups is 1. The molecule has 0 aliphatic carbocycles. The van der Waals surface area contributed by atoms with Gasteiger partial charge in [-0.05, 0) is 30.2 Å². The number of hydrogen-bond acceptors (Lipinski definition) is 5. The monoisotopic (exact) mass is 638 g/mol. The van der Waals surface area contributed by atoms with Gasteiger partial charge in [0, 0.05) is 42.3 Å². The Morgan fingerprint density at radius 2 is 1.09 bits per heavy atom. The van der Waals surface area contributed by atoms with E-state index in [0.29, 0.717) is 11.6 Å². The summed E-state index contributed by atoms with van der Waals surface area (Å²) in [5.41, 5.74) is 7.05. The third kappa shape index (κ3) is 4.25. The SMILES string of the molecule is c1ccc(-c2nc(-c3ccccc3)nc(C3Cc4ccc5c(sc6c(-n7c8ccccc8c8ccccc87)cccc65)c4S3)n2)cc1. The lowest BCUT2D eigenvalue weighted by Crippen LogP contribution is -2.06. The van der Waals surface area contributed by atoms with Crippen molar-refractivity contribution in [3.63, 3.8) is 0 Å². The smallest absolute Gasteiger partial charge is 0.163 e. The fourth-order valence-corrected chi connectivity index (χ4v) is 9.82. The quantitative estimate of drug-likeness (QED) is 0.192. The lowest BCUT2D eigenvalue weighted by atomic mass is 10.1. The lowest BCUT2D eigenvalue weighted by Gasteiger charge is -2.11. The molecular weight excluding hydrogens is 613 g/mol. The van der Waals surface area contributed by atoms with Gasteiger partial charge in [0.2, 0.25) is 0 Å². The standard InChI is InChI=1S/C41H26N4S2/c1-3-12-25(13-4-1)39-42-40(26-14-5-2-6-15-26)44-41(43-39)35-24-27-22-23-31-30-18-11-21-34(37(30)47-38(31)36(27)46-35)45-32-19-9-7-16-28(32)29-17-8-10-20-33(29)45/h1-23,35H,24H2. The lowest BCUT2D eigenvalue weighted by molar-refractivity contribution is 0.837. The van der Waals surface area contributed by atoms with Crippen molar-refractivity contribution in [3.05, 3.63) is 151 Å². The van der Waals surface area contributed by atoms with Gasteiger partial charge >= 0.3 is 0 Å². The zero-order valence-corrected chi connectivity index (χ0v) is 26.8. The molecule has 0 spiro atoms. The van der Waals surface area contributed by atoms with Gasteiger partial charge in [0.25, 0.3) is 0 Å². The van der Waals surface area contributed by atoms with E-state index >= 15 is 0 Å². The summed E-state index contributed by atoms with van der Waals surface area (Å²) in [5, 5.41) is 5.27. The van der Waals surface area contributed by atoms with Crippen molar-refractivity contribution in [2.24, 2.45) is 0 Å². The molecule has 0 N–H and O–H groups in total. The predicted octanol–water partition coefficient (Wildman–Crippen LogP) is 11.1. The fraction of sp³-hybridized carbons (Fsp3) is 0.0488. The summed E-state index contributed by atoms with van der Waals surface area (Å²) in [4.78, 5) is 16.4. The Kier molecular flexibility index (Phi) is 6.07. The maximum Gasteiger partial charge on any atom is 0.163 e. The highest BCUT2D eigenvalue weighted by Gasteiger charge is 2.30. The summed E-state index contributed by atoms with van der Waals surface area (Å²) in [6, 6.07) is 49.3. The maximum absolute atomic E-state index is 5.08. The molecule has 0 radical (unpaired) electrons. The first-order chi connectivity index (χ1) is 23.3. The van der Waals surface area contributed by atoms with Crippen molar-refractivity contribution in [2.45, 2.75) is 16.6 Å². The minimum Gasteiger partial charge on any atom is -0.308 e. The van der Waals surface area contributed by atoms with E-state index in [-0.39, 0.29) is 5.25 Å². The first-order valence-electron chi connectivity index (χ1n) is 15.8. The molecule has 1 unspecified atom stereocenters. The van der Waals surface area contributed by atoms with E-state index in [4.69, 9.17) is 15.0 Å². The molecule has 1 aliphatic heterocycles. The second kappa shape index (κ2) is 10.6. The molecule has 4 heterocycles. The van der Waals surface area contributed by atoms with Crippen molar-refractivity contribution in [1.29, 1.82) is 0 Å². The third-order valence-electron chi connectivity index (χ3n) is 9.17. The molecule has 6 aromatic carbocycles. The molecule has 4 nitrogen and oxygen atoms in total. The van der Waals surface area contributed by atoms with Gasteiger partial charge in [0.15, 0.2) is 11.6 Å². The van der Waals surface area contributed by atoms with Crippen LogP contribution in [0.15, 0.2) is 144 Å². The highest BCUT2D eigenvalue weighted by atomic mass is 32.2. The van der Waals surface area contributed by atoms with Gasteiger partial charge in [-0.2, -0.15) is 0 Å². The van der Waals surface area contributed by atoms with Crippen LogP contribution in [0.2, 0.25) is 0 Å². The first-order valence-corrected chi connectivity index (χ1v) is 17.5. The largest absolute Gasteiger partial charge is 0.308 e. The van der Waals surface area contributed by atoms with E-state index in [0.717, 1.165) is 23.4 Å².